The molecule has 0 unspecified atom stereocenters. The van der Waals surface area contributed by atoms with Crippen molar-refractivity contribution in [2.45, 2.75) is 13.5 Å². The largest absolute Gasteiger partial charge is 0.506 e. The van der Waals surface area contributed by atoms with E-state index in [4.69, 9.17) is 9.47 Å². The first-order valence-corrected chi connectivity index (χ1v) is 6.24. The molecule has 5 heteroatoms. The maximum Gasteiger partial charge on any atom is 0.162 e. The van der Waals surface area contributed by atoms with E-state index in [1.807, 2.05) is 19.1 Å². The minimum atomic E-state index is 0.163. The van der Waals surface area contributed by atoms with Crippen LogP contribution in [0.5, 0.6) is 17.2 Å². The fraction of sp³-hybridized carbons (Fsp3) is 0.267. The Morgan fingerprint density at radius 1 is 1.15 bits per heavy atom. The van der Waals surface area contributed by atoms with Crippen LogP contribution in [-0.4, -0.2) is 24.3 Å². The monoisotopic (exact) mass is 274 g/mol. The second kappa shape index (κ2) is 6.14. The lowest BCUT2D eigenvalue weighted by Gasteiger charge is -2.14. The molecule has 2 N–H and O–H groups in total. The minimum Gasteiger partial charge on any atom is -0.506 e. The predicted octanol–water partition coefficient (Wildman–Crippen LogP) is 2.72. The summed E-state index contributed by atoms with van der Waals surface area (Å²) in [4.78, 5) is 4.13. The number of hydrogen-bond donors (Lipinski definition) is 2. The van der Waals surface area contributed by atoms with E-state index in [0.29, 0.717) is 18.0 Å². The Balaban J connectivity index is 2.14. The van der Waals surface area contributed by atoms with E-state index in [1.54, 1.807) is 26.4 Å². The Kier molecular flexibility index (Phi) is 4.30. The summed E-state index contributed by atoms with van der Waals surface area (Å²) in [5.74, 6) is 1.55. The van der Waals surface area contributed by atoms with Crippen molar-refractivity contribution in [3.63, 3.8) is 0 Å². The Hall–Kier alpha value is -2.43. The van der Waals surface area contributed by atoms with Gasteiger partial charge in [0.25, 0.3) is 0 Å². The number of nitrogens with one attached hydrogen (secondary N) is 1. The summed E-state index contributed by atoms with van der Waals surface area (Å²) in [6.07, 6.45) is 1.43. The van der Waals surface area contributed by atoms with Crippen LogP contribution in [0.15, 0.2) is 30.5 Å². The van der Waals surface area contributed by atoms with Gasteiger partial charge in [0, 0.05) is 11.8 Å². The highest BCUT2D eigenvalue weighted by atomic mass is 16.5. The van der Waals surface area contributed by atoms with E-state index in [9.17, 15) is 5.11 Å². The fourth-order valence-electron chi connectivity index (χ4n) is 1.88. The first-order chi connectivity index (χ1) is 9.63. The first-order valence-electron chi connectivity index (χ1n) is 6.24. The smallest absolute Gasteiger partial charge is 0.162 e. The van der Waals surface area contributed by atoms with Gasteiger partial charge in [-0.15, -0.1) is 0 Å². The lowest BCUT2D eigenvalue weighted by Crippen LogP contribution is -2.03. The van der Waals surface area contributed by atoms with Crippen molar-refractivity contribution in [3.05, 3.63) is 41.7 Å². The number of aromatic nitrogens is 1. The van der Waals surface area contributed by atoms with Gasteiger partial charge < -0.3 is 19.9 Å². The molecule has 1 aromatic heterocycles. The van der Waals surface area contributed by atoms with Crippen LogP contribution in [0.2, 0.25) is 0 Å². The standard InChI is InChI=1S/C15H18N2O3/c1-10-6-14(19-2)15(20-3)7-13(10)17-8-11-4-5-12(18)9-16-11/h4-7,9,17-18H,8H2,1-3H3. The number of hydrogen-bond acceptors (Lipinski definition) is 5. The fourth-order valence-corrected chi connectivity index (χ4v) is 1.88. The van der Waals surface area contributed by atoms with Crippen molar-refractivity contribution in [2.24, 2.45) is 0 Å². The van der Waals surface area contributed by atoms with Crippen LogP contribution in [0.1, 0.15) is 11.3 Å². The molecule has 0 saturated carbocycles. The van der Waals surface area contributed by atoms with E-state index < -0.39 is 0 Å². The molecule has 0 aliphatic rings. The average Bonchev–Trinajstić information content (AvgIpc) is 2.47. The summed E-state index contributed by atoms with van der Waals surface area (Å²) in [5, 5.41) is 12.5. The van der Waals surface area contributed by atoms with Crippen LogP contribution >= 0.6 is 0 Å². The van der Waals surface area contributed by atoms with Crippen molar-refractivity contribution in [1.82, 2.24) is 4.98 Å². The molecule has 0 amide bonds. The first kappa shape index (κ1) is 14.0. The molecule has 1 heterocycles. The zero-order chi connectivity index (χ0) is 14.5. The van der Waals surface area contributed by atoms with Gasteiger partial charge in [0.1, 0.15) is 5.75 Å². The Bertz CT molecular complexity index is 582. The van der Waals surface area contributed by atoms with Gasteiger partial charge in [0.15, 0.2) is 11.5 Å². The number of methoxy groups -OCH3 is 2. The van der Waals surface area contributed by atoms with E-state index in [2.05, 4.69) is 10.3 Å². The van der Waals surface area contributed by atoms with Gasteiger partial charge in [-0.1, -0.05) is 0 Å². The number of anilines is 1. The molecule has 0 spiro atoms. The molecule has 106 valence electrons. The van der Waals surface area contributed by atoms with Gasteiger partial charge in [-0.05, 0) is 30.7 Å². The molecular weight excluding hydrogens is 256 g/mol. The third kappa shape index (κ3) is 3.12. The molecule has 0 bridgehead atoms. The van der Waals surface area contributed by atoms with Crippen LogP contribution in [0.25, 0.3) is 0 Å². The number of benzene rings is 1. The van der Waals surface area contributed by atoms with E-state index in [-0.39, 0.29) is 5.75 Å². The molecule has 2 rings (SSSR count). The Labute approximate surface area is 118 Å². The maximum atomic E-state index is 9.20. The molecule has 2 aromatic rings. The highest BCUT2D eigenvalue weighted by Gasteiger charge is 2.08. The molecular formula is C15H18N2O3. The molecule has 0 aliphatic carbocycles. The zero-order valence-electron chi connectivity index (χ0n) is 11.8. The number of rotatable bonds is 5. The number of pyridine rings is 1. The summed E-state index contributed by atoms with van der Waals surface area (Å²) in [5.41, 5.74) is 2.86. The van der Waals surface area contributed by atoms with E-state index >= 15 is 0 Å². The van der Waals surface area contributed by atoms with E-state index in [1.165, 1.54) is 6.20 Å². The second-order valence-corrected chi connectivity index (χ2v) is 4.38. The van der Waals surface area contributed by atoms with Crippen LogP contribution in [0.3, 0.4) is 0 Å². The Morgan fingerprint density at radius 2 is 1.85 bits per heavy atom. The second-order valence-electron chi connectivity index (χ2n) is 4.38. The summed E-state index contributed by atoms with van der Waals surface area (Å²) in [6, 6.07) is 7.21. The van der Waals surface area contributed by atoms with Gasteiger partial charge in [-0.25, -0.2) is 0 Å². The zero-order valence-corrected chi connectivity index (χ0v) is 11.8. The summed E-state index contributed by atoms with van der Waals surface area (Å²) < 4.78 is 10.5. The average molecular weight is 274 g/mol. The van der Waals surface area contributed by atoms with Crippen molar-refractivity contribution in [2.75, 3.05) is 19.5 Å². The topological polar surface area (TPSA) is 63.6 Å². The van der Waals surface area contributed by atoms with Crippen molar-refractivity contribution in [1.29, 1.82) is 0 Å². The molecule has 0 aliphatic heterocycles. The normalized spacial score (nSPS) is 10.2. The molecule has 0 fully saturated rings. The van der Waals surface area contributed by atoms with Gasteiger partial charge in [0.2, 0.25) is 0 Å². The lowest BCUT2D eigenvalue weighted by atomic mass is 10.1. The molecule has 0 atom stereocenters. The number of ether oxygens (including phenoxy) is 2. The minimum absolute atomic E-state index is 0.163. The molecule has 0 saturated heterocycles. The van der Waals surface area contributed by atoms with Crippen molar-refractivity contribution >= 4 is 5.69 Å². The van der Waals surface area contributed by atoms with Crippen LogP contribution < -0.4 is 14.8 Å². The van der Waals surface area contributed by atoms with Gasteiger partial charge >= 0.3 is 0 Å². The van der Waals surface area contributed by atoms with Gasteiger partial charge in [0.05, 0.1) is 32.7 Å². The lowest BCUT2D eigenvalue weighted by molar-refractivity contribution is 0.355. The van der Waals surface area contributed by atoms with Crippen LogP contribution in [-0.2, 0) is 6.54 Å². The highest BCUT2D eigenvalue weighted by Crippen LogP contribution is 2.33. The molecule has 20 heavy (non-hydrogen) atoms. The molecule has 1 aromatic carbocycles. The SMILES string of the molecule is COc1cc(C)c(NCc2ccc(O)cn2)cc1OC. The van der Waals surface area contributed by atoms with Crippen LogP contribution in [0, 0.1) is 6.92 Å². The van der Waals surface area contributed by atoms with Crippen molar-refractivity contribution in [3.8, 4) is 17.2 Å². The van der Waals surface area contributed by atoms with Gasteiger partial charge in [-0.2, -0.15) is 0 Å². The summed E-state index contributed by atoms with van der Waals surface area (Å²) in [6.45, 7) is 2.56. The number of aromatic hydroxyl groups is 1. The number of nitrogens with zero attached hydrogens (tertiary/aromatic N) is 1. The Morgan fingerprint density at radius 3 is 2.45 bits per heavy atom. The third-order valence-electron chi connectivity index (χ3n) is 3.00. The molecule has 5 nitrogen and oxygen atoms in total. The van der Waals surface area contributed by atoms with Crippen molar-refractivity contribution < 1.29 is 14.6 Å². The molecule has 0 radical (unpaired) electrons. The van der Waals surface area contributed by atoms with E-state index in [0.717, 1.165) is 16.9 Å². The summed E-state index contributed by atoms with van der Waals surface area (Å²) >= 11 is 0. The van der Waals surface area contributed by atoms with Gasteiger partial charge in [-0.3, -0.25) is 4.98 Å². The predicted molar refractivity (Wildman–Crippen MR) is 77.5 cm³/mol. The third-order valence-corrected chi connectivity index (χ3v) is 3.00. The maximum absolute atomic E-state index is 9.20. The summed E-state index contributed by atoms with van der Waals surface area (Å²) in [7, 11) is 3.23. The quantitative estimate of drug-likeness (QED) is 0.877. The van der Waals surface area contributed by atoms with Crippen LogP contribution in [0.4, 0.5) is 5.69 Å². The number of aryl methyl sites for hydroxylation is 1. The highest BCUT2D eigenvalue weighted by molar-refractivity contribution is 5.60.